The van der Waals surface area contributed by atoms with Gasteiger partial charge in [-0.15, -0.1) is 0 Å². The van der Waals surface area contributed by atoms with Crippen molar-refractivity contribution in [3.05, 3.63) is 35.7 Å². The molecule has 0 spiro atoms. The largest absolute Gasteiger partial charge is 0.378 e. The predicted molar refractivity (Wildman–Crippen MR) is 65.2 cm³/mol. The normalized spacial score (nSPS) is 16.2. The fourth-order valence-electron chi connectivity index (χ4n) is 1.71. The second kappa shape index (κ2) is 5.94. The van der Waals surface area contributed by atoms with Crippen LogP contribution >= 0.6 is 0 Å². The minimum Gasteiger partial charge on any atom is -0.378 e. The molecule has 0 saturated carbocycles. The summed E-state index contributed by atoms with van der Waals surface area (Å²) in [5.74, 6) is -0.246. The molecular formula is C13H13N3O2. The first-order chi connectivity index (χ1) is 8.81. The molecule has 1 aromatic rings. The molecule has 0 unspecified atom stereocenters. The lowest BCUT2D eigenvalue weighted by Crippen LogP contribution is -2.41. The number of ether oxygens (including phenoxy) is 1. The molecule has 5 heteroatoms. The summed E-state index contributed by atoms with van der Waals surface area (Å²) in [6.45, 7) is 2.12. The van der Waals surface area contributed by atoms with Crippen LogP contribution in [0.5, 0.6) is 0 Å². The third-order valence-corrected chi connectivity index (χ3v) is 2.64. The Morgan fingerprint density at radius 3 is 2.89 bits per heavy atom. The minimum atomic E-state index is -0.246. The molecule has 1 amide bonds. The van der Waals surface area contributed by atoms with Crippen LogP contribution in [-0.2, 0) is 9.53 Å². The Kier molecular flexibility index (Phi) is 4.05. The highest BCUT2D eigenvalue weighted by molar-refractivity contribution is 6.01. The number of hydrogen-bond acceptors (Lipinski definition) is 4. The lowest BCUT2D eigenvalue weighted by atomic mass is 10.1. The Bertz CT molecular complexity index is 485. The van der Waals surface area contributed by atoms with E-state index in [0.29, 0.717) is 26.3 Å². The fourth-order valence-corrected chi connectivity index (χ4v) is 1.71. The topological polar surface area (TPSA) is 66.2 Å². The first-order valence-corrected chi connectivity index (χ1v) is 5.70. The SMILES string of the molecule is N#C/C(=C\c1cccnc1)C(=O)N1CCOCC1. The third-order valence-electron chi connectivity index (χ3n) is 2.64. The molecule has 0 atom stereocenters. The highest BCUT2D eigenvalue weighted by atomic mass is 16.5. The lowest BCUT2D eigenvalue weighted by molar-refractivity contribution is -0.130. The predicted octanol–water partition coefficient (Wildman–Crippen LogP) is 0.847. The van der Waals surface area contributed by atoms with Gasteiger partial charge in [-0.2, -0.15) is 5.26 Å². The van der Waals surface area contributed by atoms with Crippen molar-refractivity contribution >= 4 is 12.0 Å². The Balaban J connectivity index is 2.16. The molecule has 1 aliphatic rings. The van der Waals surface area contributed by atoms with Crippen molar-refractivity contribution in [3.8, 4) is 6.07 Å². The van der Waals surface area contributed by atoms with Crippen LogP contribution in [0, 0.1) is 11.3 Å². The molecule has 0 radical (unpaired) electrons. The van der Waals surface area contributed by atoms with Crippen molar-refractivity contribution in [1.29, 1.82) is 5.26 Å². The summed E-state index contributed by atoms with van der Waals surface area (Å²) in [5.41, 5.74) is 0.876. The van der Waals surface area contributed by atoms with Crippen molar-refractivity contribution in [1.82, 2.24) is 9.88 Å². The quantitative estimate of drug-likeness (QED) is 0.570. The number of carbonyl (C=O) groups excluding carboxylic acids is 1. The van der Waals surface area contributed by atoms with E-state index < -0.39 is 0 Å². The van der Waals surface area contributed by atoms with Gasteiger partial charge in [-0.25, -0.2) is 0 Å². The van der Waals surface area contributed by atoms with Crippen molar-refractivity contribution < 1.29 is 9.53 Å². The van der Waals surface area contributed by atoms with Gasteiger partial charge >= 0.3 is 0 Å². The molecule has 1 aromatic heterocycles. The molecule has 1 fully saturated rings. The molecule has 2 heterocycles. The molecule has 0 aromatic carbocycles. The summed E-state index contributed by atoms with van der Waals surface area (Å²) in [6, 6.07) is 5.52. The summed E-state index contributed by atoms with van der Waals surface area (Å²) < 4.78 is 5.18. The van der Waals surface area contributed by atoms with E-state index in [2.05, 4.69) is 4.98 Å². The molecule has 1 saturated heterocycles. The molecule has 5 nitrogen and oxygen atoms in total. The molecule has 0 aliphatic carbocycles. The van der Waals surface area contributed by atoms with Crippen LogP contribution in [0.2, 0.25) is 0 Å². The number of carbonyl (C=O) groups is 1. The van der Waals surface area contributed by atoms with Crippen LogP contribution < -0.4 is 0 Å². The number of hydrogen-bond donors (Lipinski definition) is 0. The Morgan fingerprint density at radius 1 is 1.50 bits per heavy atom. The average molecular weight is 243 g/mol. The number of pyridine rings is 1. The van der Waals surface area contributed by atoms with Gasteiger partial charge in [0.15, 0.2) is 0 Å². The maximum absolute atomic E-state index is 12.1. The first kappa shape index (κ1) is 12.3. The second-order valence-corrected chi connectivity index (χ2v) is 3.86. The maximum atomic E-state index is 12.1. The number of rotatable bonds is 2. The number of morpholine rings is 1. The molecule has 0 bridgehead atoms. The highest BCUT2D eigenvalue weighted by Gasteiger charge is 2.20. The van der Waals surface area contributed by atoms with Gasteiger partial charge in [0.25, 0.3) is 5.91 Å². The fraction of sp³-hybridized carbons (Fsp3) is 0.308. The monoisotopic (exact) mass is 243 g/mol. The number of nitrogens with zero attached hydrogens (tertiary/aromatic N) is 3. The van der Waals surface area contributed by atoms with E-state index in [1.807, 2.05) is 6.07 Å². The summed E-state index contributed by atoms with van der Waals surface area (Å²) in [6.07, 6.45) is 4.82. The molecule has 92 valence electrons. The Morgan fingerprint density at radius 2 is 2.28 bits per heavy atom. The third kappa shape index (κ3) is 2.93. The molecule has 18 heavy (non-hydrogen) atoms. The summed E-state index contributed by atoms with van der Waals surface area (Å²) >= 11 is 0. The van der Waals surface area contributed by atoms with E-state index in [4.69, 9.17) is 10.00 Å². The highest BCUT2D eigenvalue weighted by Crippen LogP contribution is 2.09. The van der Waals surface area contributed by atoms with E-state index in [-0.39, 0.29) is 11.5 Å². The molecule has 1 aliphatic heterocycles. The van der Waals surface area contributed by atoms with Crippen LogP contribution in [0.15, 0.2) is 30.1 Å². The van der Waals surface area contributed by atoms with Gasteiger partial charge in [0.05, 0.1) is 13.2 Å². The van der Waals surface area contributed by atoms with Crippen LogP contribution in [-0.4, -0.2) is 42.1 Å². The number of amides is 1. The van der Waals surface area contributed by atoms with Gasteiger partial charge < -0.3 is 9.64 Å². The van der Waals surface area contributed by atoms with Crippen LogP contribution in [0.25, 0.3) is 6.08 Å². The van der Waals surface area contributed by atoms with Crippen molar-refractivity contribution in [2.24, 2.45) is 0 Å². The Hall–Kier alpha value is -2.19. The van der Waals surface area contributed by atoms with Gasteiger partial charge in [-0.05, 0) is 17.7 Å². The number of aromatic nitrogens is 1. The van der Waals surface area contributed by atoms with Gasteiger partial charge in [-0.1, -0.05) is 6.07 Å². The van der Waals surface area contributed by atoms with E-state index in [0.717, 1.165) is 5.56 Å². The van der Waals surface area contributed by atoms with E-state index in [9.17, 15) is 4.79 Å². The Labute approximate surface area is 105 Å². The van der Waals surface area contributed by atoms with Crippen molar-refractivity contribution in [3.63, 3.8) is 0 Å². The maximum Gasteiger partial charge on any atom is 0.264 e. The number of nitriles is 1. The van der Waals surface area contributed by atoms with E-state index in [1.54, 1.807) is 35.5 Å². The second-order valence-electron chi connectivity index (χ2n) is 3.86. The molecular weight excluding hydrogens is 230 g/mol. The van der Waals surface area contributed by atoms with Crippen LogP contribution in [0.4, 0.5) is 0 Å². The summed E-state index contributed by atoms with van der Waals surface area (Å²) in [5, 5.41) is 9.07. The smallest absolute Gasteiger partial charge is 0.264 e. The zero-order valence-corrected chi connectivity index (χ0v) is 9.87. The summed E-state index contributed by atoms with van der Waals surface area (Å²) in [4.78, 5) is 17.7. The van der Waals surface area contributed by atoms with Gasteiger partial charge in [0.2, 0.25) is 0 Å². The average Bonchev–Trinajstić information content (AvgIpc) is 2.46. The van der Waals surface area contributed by atoms with E-state index >= 15 is 0 Å². The van der Waals surface area contributed by atoms with Crippen LogP contribution in [0.1, 0.15) is 5.56 Å². The van der Waals surface area contributed by atoms with Gasteiger partial charge in [-0.3, -0.25) is 9.78 Å². The van der Waals surface area contributed by atoms with Gasteiger partial charge in [0.1, 0.15) is 11.6 Å². The standard InChI is InChI=1S/C13H13N3O2/c14-9-12(8-11-2-1-3-15-10-11)13(17)16-4-6-18-7-5-16/h1-3,8,10H,4-7H2/b12-8+. The zero-order chi connectivity index (χ0) is 12.8. The molecule has 0 N–H and O–H groups in total. The molecule has 2 rings (SSSR count). The van der Waals surface area contributed by atoms with Crippen molar-refractivity contribution in [2.75, 3.05) is 26.3 Å². The van der Waals surface area contributed by atoms with Crippen molar-refractivity contribution in [2.45, 2.75) is 0 Å². The van der Waals surface area contributed by atoms with Crippen LogP contribution in [0.3, 0.4) is 0 Å². The minimum absolute atomic E-state index is 0.130. The lowest BCUT2D eigenvalue weighted by Gasteiger charge is -2.26. The van der Waals surface area contributed by atoms with E-state index in [1.165, 1.54) is 0 Å². The zero-order valence-electron chi connectivity index (χ0n) is 9.87. The first-order valence-electron chi connectivity index (χ1n) is 5.70. The summed E-state index contributed by atoms with van der Waals surface area (Å²) in [7, 11) is 0. The van der Waals surface area contributed by atoms with Gasteiger partial charge in [0, 0.05) is 25.5 Å².